The van der Waals surface area contributed by atoms with Gasteiger partial charge in [0.2, 0.25) is 0 Å². The summed E-state index contributed by atoms with van der Waals surface area (Å²) in [5.74, 6) is -1.48. The van der Waals surface area contributed by atoms with Crippen molar-refractivity contribution in [2.45, 2.75) is 38.6 Å². The number of rotatable bonds is 3. The first-order chi connectivity index (χ1) is 8.59. The van der Waals surface area contributed by atoms with Gasteiger partial charge in [-0.3, -0.25) is 9.59 Å². The van der Waals surface area contributed by atoms with Crippen LogP contribution in [0.25, 0.3) is 0 Å². The molecule has 1 heterocycles. The summed E-state index contributed by atoms with van der Waals surface area (Å²) in [6.07, 6.45) is 3.27. The lowest BCUT2D eigenvalue weighted by Crippen LogP contribution is -2.45. The minimum absolute atomic E-state index is 0.201. The first-order valence-corrected chi connectivity index (χ1v) is 6.91. The summed E-state index contributed by atoms with van der Waals surface area (Å²) < 4.78 is 0. The molecule has 2 rings (SSSR count). The van der Waals surface area contributed by atoms with Crippen LogP contribution in [-0.4, -0.2) is 28.0 Å². The van der Waals surface area contributed by atoms with E-state index in [4.69, 9.17) is 5.11 Å². The number of carboxylic acids is 1. The SMILES string of the molecule is Cc1ncsc1C(=O)NC1CCCCC1C(=O)O. The molecule has 1 fully saturated rings. The molecule has 2 atom stereocenters. The normalized spacial score (nSPS) is 23.6. The Bertz CT molecular complexity index is 458. The quantitative estimate of drug-likeness (QED) is 0.876. The molecule has 0 aliphatic heterocycles. The number of nitrogens with zero attached hydrogens (tertiary/aromatic N) is 1. The zero-order valence-corrected chi connectivity index (χ0v) is 11.0. The number of nitrogens with one attached hydrogen (secondary N) is 1. The number of thiazole rings is 1. The Morgan fingerprint density at radius 3 is 2.78 bits per heavy atom. The number of aryl methyl sites for hydroxylation is 1. The largest absolute Gasteiger partial charge is 0.481 e. The van der Waals surface area contributed by atoms with Crippen LogP contribution in [0.15, 0.2) is 5.51 Å². The predicted molar refractivity (Wildman–Crippen MR) is 67.7 cm³/mol. The van der Waals surface area contributed by atoms with E-state index in [-0.39, 0.29) is 11.9 Å². The van der Waals surface area contributed by atoms with E-state index in [2.05, 4.69) is 10.3 Å². The Morgan fingerprint density at radius 1 is 1.44 bits per heavy atom. The molecule has 0 aromatic carbocycles. The van der Waals surface area contributed by atoms with Crippen molar-refractivity contribution < 1.29 is 14.7 Å². The van der Waals surface area contributed by atoms with E-state index in [0.717, 1.165) is 19.3 Å². The number of aromatic nitrogens is 1. The molecule has 2 N–H and O–H groups in total. The molecule has 0 spiro atoms. The van der Waals surface area contributed by atoms with Crippen LogP contribution in [0.4, 0.5) is 0 Å². The van der Waals surface area contributed by atoms with Gasteiger partial charge in [0.25, 0.3) is 5.91 Å². The minimum atomic E-state index is -0.818. The molecule has 1 saturated carbocycles. The fourth-order valence-corrected chi connectivity index (χ4v) is 3.06. The second-order valence-electron chi connectivity index (χ2n) is 4.58. The molecule has 6 heteroatoms. The summed E-state index contributed by atoms with van der Waals surface area (Å²) in [5.41, 5.74) is 2.32. The third-order valence-electron chi connectivity index (χ3n) is 3.35. The van der Waals surface area contributed by atoms with Gasteiger partial charge in [-0.15, -0.1) is 11.3 Å². The summed E-state index contributed by atoms with van der Waals surface area (Å²) in [6.45, 7) is 1.78. The van der Waals surface area contributed by atoms with Crippen LogP contribution in [0.1, 0.15) is 41.0 Å². The Hall–Kier alpha value is -1.43. The predicted octanol–water partition coefficient (Wildman–Crippen LogP) is 1.82. The molecular formula is C12H16N2O3S. The first-order valence-electron chi connectivity index (χ1n) is 6.03. The van der Waals surface area contributed by atoms with Crippen molar-refractivity contribution >= 4 is 23.2 Å². The maximum absolute atomic E-state index is 12.0. The van der Waals surface area contributed by atoms with Gasteiger partial charge in [0.05, 0.1) is 17.1 Å². The Balaban J connectivity index is 2.05. The van der Waals surface area contributed by atoms with Crippen molar-refractivity contribution in [2.24, 2.45) is 5.92 Å². The average Bonchev–Trinajstić information content (AvgIpc) is 2.76. The second-order valence-corrected chi connectivity index (χ2v) is 5.43. The summed E-state index contributed by atoms with van der Waals surface area (Å²) in [7, 11) is 0. The molecule has 1 aromatic heterocycles. The van der Waals surface area contributed by atoms with E-state index < -0.39 is 11.9 Å². The van der Waals surface area contributed by atoms with Crippen LogP contribution >= 0.6 is 11.3 Å². The molecule has 1 aliphatic carbocycles. The number of carbonyl (C=O) groups is 2. The lowest BCUT2D eigenvalue weighted by atomic mass is 9.84. The van der Waals surface area contributed by atoms with Crippen molar-refractivity contribution in [1.82, 2.24) is 10.3 Å². The minimum Gasteiger partial charge on any atom is -0.481 e. The van der Waals surface area contributed by atoms with Gasteiger partial charge >= 0.3 is 5.97 Å². The van der Waals surface area contributed by atoms with Crippen LogP contribution in [0, 0.1) is 12.8 Å². The highest BCUT2D eigenvalue weighted by atomic mass is 32.1. The van der Waals surface area contributed by atoms with E-state index in [1.54, 1.807) is 12.4 Å². The number of hydrogen-bond acceptors (Lipinski definition) is 4. The number of aliphatic carboxylic acids is 1. The fraction of sp³-hybridized carbons (Fsp3) is 0.583. The van der Waals surface area contributed by atoms with Crippen LogP contribution < -0.4 is 5.32 Å². The number of carbonyl (C=O) groups excluding carboxylic acids is 1. The van der Waals surface area contributed by atoms with E-state index >= 15 is 0 Å². The molecule has 0 bridgehead atoms. The maximum atomic E-state index is 12.0. The van der Waals surface area contributed by atoms with Crippen molar-refractivity contribution in [1.29, 1.82) is 0 Å². The highest BCUT2D eigenvalue weighted by Crippen LogP contribution is 2.25. The van der Waals surface area contributed by atoms with E-state index in [0.29, 0.717) is 17.0 Å². The molecule has 2 unspecified atom stereocenters. The summed E-state index contributed by atoms with van der Waals surface area (Å²) in [4.78, 5) is 27.8. The summed E-state index contributed by atoms with van der Waals surface area (Å²) in [5, 5.41) is 12.0. The van der Waals surface area contributed by atoms with E-state index in [1.807, 2.05) is 0 Å². The van der Waals surface area contributed by atoms with Crippen LogP contribution in [-0.2, 0) is 4.79 Å². The zero-order chi connectivity index (χ0) is 13.1. The standard InChI is InChI=1S/C12H16N2O3S/c1-7-10(18-6-13-7)11(15)14-9-5-3-2-4-8(9)12(16)17/h6,8-9H,2-5H2,1H3,(H,14,15)(H,16,17). The molecule has 5 nitrogen and oxygen atoms in total. The monoisotopic (exact) mass is 268 g/mol. The third-order valence-corrected chi connectivity index (χ3v) is 4.28. The average molecular weight is 268 g/mol. The van der Waals surface area contributed by atoms with Gasteiger partial charge < -0.3 is 10.4 Å². The number of carboxylic acid groups (broad SMARTS) is 1. The van der Waals surface area contributed by atoms with Gasteiger partial charge in [-0.05, 0) is 19.8 Å². The molecule has 0 saturated heterocycles. The molecule has 0 radical (unpaired) electrons. The molecule has 1 aromatic rings. The third kappa shape index (κ3) is 2.69. The molecule has 1 amide bonds. The van der Waals surface area contributed by atoms with Gasteiger partial charge in [0.1, 0.15) is 4.88 Å². The Labute approximate surface area is 109 Å². The Kier molecular flexibility index (Phi) is 3.96. The molecule has 98 valence electrons. The van der Waals surface area contributed by atoms with E-state index in [1.165, 1.54) is 11.3 Å². The van der Waals surface area contributed by atoms with Gasteiger partial charge in [-0.1, -0.05) is 12.8 Å². The highest BCUT2D eigenvalue weighted by Gasteiger charge is 2.32. The lowest BCUT2D eigenvalue weighted by Gasteiger charge is -2.29. The lowest BCUT2D eigenvalue weighted by molar-refractivity contribution is -0.143. The van der Waals surface area contributed by atoms with Crippen LogP contribution in [0.5, 0.6) is 0 Å². The van der Waals surface area contributed by atoms with Crippen LogP contribution in [0.3, 0.4) is 0 Å². The highest BCUT2D eigenvalue weighted by molar-refractivity contribution is 7.11. The van der Waals surface area contributed by atoms with Gasteiger partial charge in [-0.25, -0.2) is 4.98 Å². The van der Waals surface area contributed by atoms with Crippen molar-refractivity contribution in [3.63, 3.8) is 0 Å². The first kappa shape index (κ1) is 13.0. The zero-order valence-electron chi connectivity index (χ0n) is 10.2. The second kappa shape index (κ2) is 5.48. The smallest absolute Gasteiger partial charge is 0.308 e. The van der Waals surface area contributed by atoms with Crippen molar-refractivity contribution in [2.75, 3.05) is 0 Å². The summed E-state index contributed by atoms with van der Waals surface area (Å²) in [6, 6.07) is -0.259. The fourth-order valence-electron chi connectivity index (χ4n) is 2.35. The summed E-state index contributed by atoms with van der Waals surface area (Å²) >= 11 is 1.29. The van der Waals surface area contributed by atoms with Gasteiger partial charge in [-0.2, -0.15) is 0 Å². The number of hydrogen-bond donors (Lipinski definition) is 2. The van der Waals surface area contributed by atoms with Gasteiger partial charge in [0.15, 0.2) is 0 Å². The van der Waals surface area contributed by atoms with Crippen LogP contribution in [0.2, 0.25) is 0 Å². The molecular weight excluding hydrogens is 252 g/mol. The van der Waals surface area contributed by atoms with E-state index in [9.17, 15) is 9.59 Å². The van der Waals surface area contributed by atoms with Gasteiger partial charge in [0, 0.05) is 6.04 Å². The maximum Gasteiger partial charge on any atom is 0.308 e. The van der Waals surface area contributed by atoms with Crippen molar-refractivity contribution in [3.05, 3.63) is 16.1 Å². The number of amides is 1. The van der Waals surface area contributed by atoms with Crippen molar-refractivity contribution in [3.8, 4) is 0 Å². The molecule has 1 aliphatic rings. The topological polar surface area (TPSA) is 79.3 Å². The molecule has 18 heavy (non-hydrogen) atoms. The Morgan fingerprint density at radius 2 is 2.17 bits per heavy atom.